The highest BCUT2D eigenvalue weighted by atomic mass is 19.4. The van der Waals surface area contributed by atoms with Crippen LogP contribution in [0.3, 0.4) is 0 Å². The Bertz CT molecular complexity index is 7820. The normalized spacial score (nSPS) is 13.8. The predicted molar refractivity (Wildman–Crippen MR) is 556 cm³/mol. The van der Waals surface area contributed by atoms with Crippen molar-refractivity contribution in [3.05, 3.63) is 255 Å². The van der Waals surface area contributed by atoms with Crippen LogP contribution in [0.15, 0.2) is 238 Å². The van der Waals surface area contributed by atoms with Crippen LogP contribution in [-0.2, 0) is 40.9 Å². The Hall–Kier alpha value is -16.0. The number of alkyl halides is 3. The summed E-state index contributed by atoms with van der Waals surface area (Å²) in [6, 6.07) is 51.4. The van der Waals surface area contributed by atoms with Crippen molar-refractivity contribution in [1.82, 2.24) is 89.2 Å². The number of anilines is 8. The van der Waals surface area contributed by atoms with Gasteiger partial charge in [0.05, 0.1) is 190 Å². The van der Waals surface area contributed by atoms with Crippen LogP contribution in [-0.4, -0.2) is 214 Å². The molecule has 18 rings (SSSR count). The number of nitrogens with zero attached hydrogens (tertiary/aromatic N) is 21. The Kier molecular flexibility index (Phi) is 28.2. The number of methoxy groups -OCH3 is 8. The summed E-state index contributed by atoms with van der Waals surface area (Å²) in [7, 11) is 10.6. The number of fused-ring (bicyclic) bond motifs is 4. The second-order valence-corrected chi connectivity index (χ2v) is 34.5. The lowest BCUT2D eigenvalue weighted by molar-refractivity contribution is -0.141. The molecular weight excluding hydrogens is 1830 g/mol. The molecule has 1 fully saturated rings. The van der Waals surface area contributed by atoms with Gasteiger partial charge in [0.1, 0.15) is 51.6 Å². The van der Waals surface area contributed by atoms with E-state index >= 15 is 0 Å². The monoisotopic (exact) mass is 1970 g/mol. The van der Waals surface area contributed by atoms with Crippen molar-refractivity contribution in [2.45, 2.75) is 90.7 Å². The molecule has 1 aliphatic carbocycles. The van der Waals surface area contributed by atoms with Gasteiger partial charge in [0.15, 0.2) is 5.69 Å². The van der Waals surface area contributed by atoms with Crippen LogP contribution in [0.1, 0.15) is 86.6 Å². The third-order valence-electron chi connectivity index (χ3n) is 23.7. The maximum absolute atomic E-state index is 13.6. The van der Waals surface area contributed by atoms with E-state index in [9.17, 15) is 23.4 Å². The zero-order valence-corrected chi connectivity index (χ0v) is 82.2. The summed E-state index contributed by atoms with van der Waals surface area (Å²) in [5.74, 6) is 9.35. The van der Waals surface area contributed by atoms with Gasteiger partial charge in [0, 0.05) is 251 Å². The van der Waals surface area contributed by atoms with Gasteiger partial charge in [0.2, 0.25) is 0 Å². The van der Waals surface area contributed by atoms with E-state index in [2.05, 4.69) is 158 Å². The van der Waals surface area contributed by atoms with Crippen molar-refractivity contribution < 1.29 is 77.7 Å². The van der Waals surface area contributed by atoms with E-state index in [1.807, 2.05) is 118 Å². The summed E-state index contributed by atoms with van der Waals surface area (Å²) in [4.78, 5) is 46.4. The zero-order valence-electron chi connectivity index (χ0n) is 94.2. The average Bonchev–Trinajstić information content (AvgIpc) is 0.944. The number of hydrogen-bond donors (Lipinski definition) is 3. The molecule has 0 radical (unpaired) electrons. The minimum absolute atomic E-state index is 0.0983. The number of aliphatic hydroxyl groups is 2. The SMILES string of the molecule is COc1cc(OC)cc(N(CC#CC2(O)CCC2)c2ccc3ncc(-c4cnn(C)c4)nc3c2)c1.COc1cc(OC)cc(N(CCN(Cc2ccc(C)cc2)C(C)C)c2ccc3ncc(-c4cnn(C)c4)nc3c2)c1.COc1cc(OC)cc(N(CCNC(C)C)c2ccc3ncc(-c4cn(C)nc4C(F)(F)F)nc3c2)c1.[2H]C([2H])([2H])Oc1cc(OC([2H])([2H])[2H])cc(N(c2ccc3ncc(-c4cnn(C)c4)nc3c2)C([2H])([2H])C([2H])([2H])C([2H])([2H])O)c1. The Morgan fingerprint density at radius 3 is 1.18 bits per heavy atom. The first-order valence-electron chi connectivity index (χ1n) is 51.9. The number of aryl methyl sites for hydroxylation is 5. The third kappa shape index (κ3) is 25.6. The lowest BCUT2D eigenvalue weighted by Gasteiger charge is -2.32. The first kappa shape index (κ1) is 87.0. The lowest BCUT2D eigenvalue weighted by Crippen LogP contribution is -2.37. The van der Waals surface area contributed by atoms with Gasteiger partial charge in [-0.3, -0.25) is 43.6 Å². The average molecular weight is 1970 g/mol. The molecule has 0 saturated heterocycles. The van der Waals surface area contributed by atoms with Gasteiger partial charge < -0.3 is 73.0 Å². The molecule has 0 amide bonds. The largest absolute Gasteiger partial charge is 0.497 e. The molecule has 0 bridgehead atoms. The van der Waals surface area contributed by atoms with E-state index in [1.165, 1.54) is 55.0 Å². The van der Waals surface area contributed by atoms with Gasteiger partial charge in [-0.15, -0.1) is 0 Å². The number of aromatic nitrogens is 16. The van der Waals surface area contributed by atoms with Crippen molar-refractivity contribution in [2.24, 2.45) is 28.2 Å². The first-order chi connectivity index (χ1) is 73.9. The maximum Gasteiger partial charge on any atom is 0.435 e. The van der Waals surface area contributed by atoms with E-state index in [0.717, 1.165) is 152 Å². The molecule has 17 aromatic rings. The van der Waals surface area contributed by atoms with Crippen LogP contribution in [0.25, 0.3) is 89.2 Å². The first-order valence-corrected chi connectivity index (χ1v) is 45.9. The van der Waals surface area contributed by atoms with E-state index in [4.69, 9.17) is 64.3 Å². The second kappa shape index (κ2) is 46.6. The maximum atomic E-state index is 13.6. The summed E-state index contributed by atoms with van der Waals surface area (Å²) < 4.78 is 184. The molecule has 746 valence electrons. The van der Waals surface area contributed by atoms with Crippen LogP contribution in [0.5, 0.6) is 46.0 Å². The third-order valence-corrected chi connectivity index (χ3v) is 23.7. The molecule has 8 heterocycles. The molecule has 0 unspecified atom stereocenters. The van der Waals surface area contributed by atoms with Gasteiger partial charge >= 0.3 is 6.18 Å². The molecule has 35 heteroatoms. The van der Waals surface area contributed by atoms with Gasteiger partial charge in [-0.05, 0) is 125 Å². The van der Waals surface area contributed by atoms with Crippen LogP contribution >= 0.6 is 0 Å². The van der Waals surface area contributed by atoms with Crippen molar-refractivity contribution in [3.8, 4) is 103 Å². The second-order valence-electron chi connectivity index (χ2n) is 34.5. The predicted octanol–water partition coefficient (Wildman–Crippen LogP) is 19.3. The summed E-state index contributed by atoms with van der Waals surface area (Å²) in [6.07, 6.45) is 12.5. The minimum Gasteiger partial charge on any atom is -0.497 e. The van der Waals surface area contributed by atoms with Crippen LogP contribution in [0, 0.1) is 18.8 Å². The molecule has 32 nitrogen and oxygen atoms in total. The quantitative estimate of drug-likeness (QED) is 0.0315. The molecule has 0 atom stereocenters. The Morgan fingerprint density at radius 2 is 0.819 bits per heavy atom. The topological polar surface area (TPSA) is 317 Å². The fourth-order valence-corrected chi connectivity index (χ4v) is 15.9. The van der Waals surface area contributed by atoms with E-state index in [0.29, 0.717) is 87.4 Å². The highest BCUT2D eigenvalue weighted by Crippen LogP contribution is 2.43. The molecule has 0 spiro atoms. The smallest absolute Gasteiger partial charge is 0.435 e. The molecule has 0 aliphatic heterocycles. The molecule has 9 aromatic carbocycles. The molecule has 1 aliphatic rings. The number of benzene rings is 9. The van der Waals surface area contributed by atoms with Crippen molar-refractivity contribution >= 4 is 89.6 Å². The van der Waals surface area contributed by atoms with Gasteiger partial charge in [-0.2, -0.15) is 33.6 Å². The summed E-state index contributed by atoms with van der Waals surface area (Å²) in [6.45, 7) is 7.73. The minimum atomic E-state index is -4.61. The van der Waals surface area contributed by atoms with Gasteiger partial charge in [-0.25, -0.2) is 19.9 Å². The highest BCUT2D eigenvalue weighted by molar-refractivity contribution is 5.88. The van der Waals surface area contributed by atoms with Crippen molar-refractivity contribution in [1.29, 1.82) is 0 Å². The Morgan fingerprint density at radius 1 is 0.444 bits per heavy atom. The number of ether oxygens (including phenoxy) is 8. The van der Waals surface area contributed by atoms with Crippen molar-refractivity contribution in [2.75, 3.05) is 122 Å². The standard InChI is InChI=1S/C33H38N6O2.C27H27N5O3.C26H29F3N6O2.C23H25N5O3/c1-23(2)38(21-25-9-7-24(3)8-10-25)13-14-39(28-15-29(40-5)18-30(16-28)41-6)27-11-12-31-32(17-27)36-33(20-34-31)26-19-35-37(4)22-26;1-31-18-19(16-29-31)26-17-28-24-7-6-20(14-25(24)30-26)32(11-5-10-27(33)8-4-9-27)21-12-22(34-2)15-23(13-21)35-3;1-16(2)30-8-9-35(18-10-19(36-4)13-20(11-18)37-5)17-6-7-22-23(12-17)32-24(14-31-22)21-15-34(3)33-25(21)26(27,28)29;1-27-15-16(13-25-27)23-14-24-21-6-5-17(11-22(21)26-23)28(7-4-8-29)18-9-19(30-2)12-20(10-18)31-3/h7-12,15-20,22-23H,13-14,21H2,1-6H3;6-7,12-18,33H,4,8-9,11H2,1-3H3;6-7,10-16,30H,8-9H2,1-5H3;5-6,9-15,29H,4,7-8H2,1-3H3/i;;;2D3,3D3,4D2,7D2,8D2. The molecule has 144 heavy (non-hydrogen) atoms. The molecule has 1 saturated carbocycles. The van der Waals surface area contributed by atoms with E-state index in [1.54, 1.807) is 107 Å². The Balaban J connectivity index is 0.000000155. The van der Waals surface area contributed by atoms with E-state index in [-0.39, 0.29) is 22.5 Å². The molecule has 3 N–H and O–H groups in total. The number of nitrogens with one attached hydrogen (secondary N) is 1. The molecule has 8 aromatic heterocycles. The van der Waals surface area contributed by atoms with Crippen LogP contribution in [0.2, 0.25) is 0 Å². The van der Waals surface area contributed by atoms with Gasteiger partial charge in [-0.1, -0.05) is 55.5 Å². The van der Waals surface area contributed by atoms with Crippen LogP contribution < -0.4 is 62.8 Å². The summed E-state index contributed by atoms with van der Waals surface area (Å²) in [5, 5.41) is 40.1. The lowest BCUT2D eigenvalue weighted by atomic mass is 9.81. The fraction of sp³-hybridized carbons (Fsp3) is 0.303. The number of halogens is 3. The van der Waals surface area contributed by atoms with Crippen molar-refractivity contribution in [3.63, 3.8) is 0 Å². The fourth-order valence-electron chi connectivity index (χ4n) is 15.9. The van der Waals surface area contributed by atoms with Crippen LogP contribution in [0.4, 0.5) is 58.7 Å². The molecular formula is C109H119F3N22O10. The van der Waals surface area contributed by atoms with E-state index < -0.39 is 68.2 Å². The van der Waals surface area contributed by atoms with Gasteiger partial charge in [0.25, 0.3) is 0 Å². The zero-order chi connectivity index (χ0) is 112. The highest BCUT2D eigenvalue weighted by Gasteiger charge is 2.38. The number of hydrogen-bond acceptors (Lipinski definition) is 28. The summed E-state index contributed by atoms with van der Waals surface area (Å²) in [5.41, 5.74) is 14.7. The Labute approximate surface area is 851 Å². The summed E-state index contributed by atoms with van der Waals surface area (Å²) >= 11 is 0. The number of rotatable bonds is 34.